The third-order valence-electron chi connectivity index (χ3n) is 4.57. The van der Waals surface area contributed by atoms with Gasteiger partial charge in [0, 0.05) is 12.1 Å². The zero-order valence-electron chi connectivity index (χ0n) is 18.7. The summed E-state index contributed by atoms with van der Waals surface area (Å²) in [6.07, 6.45) is 6.23. The average molecular weight is 462 g/mol. The smallest absolute Gasteiger partial charge is 0.341 e. The van der Waals surface area contributed by atoms with Gasteiger partial charge in [0.05, 0.1) is 38.6 Å². The van der Waals surface area contributed by atoms with Crippen molar-refractivity contribution in [3.05, 3.63) is 52.6 Å². The van der Waals surface area contributed by atoms with Crippen LogP contribution >= 0.6 is 11.6 Å². The Kier molecular flexibility index (Phi) is 9.88. The minimum atomic E-state index is -0.590. The van der Waals surface area contributed by atoms with Gasteiger partial charge in [-0.05, 0) is 36.3 Å². The summed E-state index contributed by atoms with van der Waals surface area (Å²) in [7, 11) is 4.24. The molecule has 172 valence electrons. The van der Waals surface area contributed by atoms with E-state index in [0.29, 0.717) is 23.8 Å². The van der Waals surface area contributed by atoms with E-state index in [4.69, 9.17) is 30.5 Å². The van der Waals surface area contributed by atoms with E-state index in [0.717, 1.165) is 24.8 Å². The standard InChI is InChI=1S/C24H28ClNO6/c1-5-6-7-12-32-20-10-8-16(13-22(20)30-3)9-11-23(27)26-19-15-21(29-2)17(14-18(19)25)24(28)31-4/h8-11,13-15H,5-7,12H2,1-4H3,(H,26,27)/b11-9+. The molecule has 0 aromatic heterocycles. The molecule has 0 spiro atoms. The van der Waals surface area contributed by atoms with Crippen LogP contribution in [0.15, 0.2) is 36.4 Å². The molecule has 0 aliphatic rings. The highest BCUT2D eigenvalue weighted by atomic mass is 35.5. The lowest BCUT2D eigenvalue weighted by Crippen LogP contribution is -2.10. The summed E-state index contributed by atoms with van der Waals surface area (Å²) < 4.78 is 21.1. The normalized spacial score (nSPS) is 10.7. The molecule has 0 atom stereocenters. The third kappa shape index (κ3) is 6.92. The number of carbonyl (C=O) groups excluding carboxylic acids is 2. The number of methoxy groups -OCH3 is 3. The Bertz CT molecular complexity index is 973. The number of nitrogens with one attached hydrogen (secondary N) is 1. The fourth-order valence-corrected chi connectivity index (χ4v) is 3.09. The zero-order valence-corrected chi connectivity index (χ0v) is 19.5. The van der Waals surface area contributed by atoms with Crippen molar-refractivity contribution in [3.8, 4) is 17.2 Å². The molecule has 0 heterocycles. The first kappa shape index (κ1) is 25.1. The Morgan fingerprint density at radius 3 is 2.41 bits per heavy atom. The summed E-state index contributed by atoms with van der Waals surface area (Å²) in [4.78, 5) is 24.2. The van der Waals surface area contributed by atoms with Crippen LogP contribution in [0.25, 0.3) is 6.08 Å². The Morgan fingerprint density at radius 2 is 1.75 bits per heavy atom. The van der Waals surface area contributed by atoms with Crippen molar-refractivity contribution in [2.24, 2.45) is 0 Å². The number of hydrogen-bond donors (Lipinski definition) is 1. The first-order valence-corrected chi connectivity index (χ1v) is 10.6. The van der Waals surface area contributed by atoms with Crippen LogP contribution in [-0.4, -0.2) is 39.8 Å². The van der Waals surface area contributed by atoms with Crippen LogP contribution in [0.3, 0.4) is 0 Å². The van der Waals surface area contributed by atoms with E-state index in [9.17, 15) is 9.59 Å². The van der Waals surface area contributed by atoms with Crippen LogP contribution in [0.5, 0.6) is 17.2 Å². The van der Waals surface area contributed by atoms with E-state index in [2.05, 4.69) is 12.2 Å². The summed E-state index contributed by atoms with van der Waals surface area (Å²) in [6, 6.07) is 8.29. The van der Waals surface area contributed by atoms with Crippen molar-refractivity contribution in [2.45, 2.75) is 26.2 Å². The molecule has 8 heteroatoms. The molecule has 0 bridgehead atoms. The quantitative estimate of drug-likeness (QED) is 0.275. The summed E-state index contributed by atoms with van der Waals surface area (Å²) in [5.41, 5.74) is 1.24. The molecule has 2 aromatic carbocycles. The van der Waals surface area contributed by atoms with Crippen molar-refractivity contribution in [1.82, 2.24) is 0 Å². The van der Waals surface area contributed by atoms with E-state index < -0.39 is 11.9 Å². The summed E-state index contributed by atoms with van der Waals surface area (Å²) >= 11 is 6.21. The molecule has 0 fully saturated rings. The van der Waals surface area contributed by atoms with Gasteiger partial charge in [-0.3, -0.25) is 4.79 Å². The van der Waals surface area contributed by atoms with Gasteiger partial charge in [0.2, 0.25) is 5.91 Å². The van der Waals surface area contributed by atoms with Crippen LogP contribution < -0.4 is 19.5 Å². The predicted molar refractivity (Wildman–Crippen MR) is 125 cm³/mol. The van der Waals surface area contributed by atoms with Gasteiger partial charge in [-0.2, -0.15) is 0 Å². The lowest BCUT2D eigenvalue weighted by atomic mass is 10.1. The topological polar surface area (TPSA) is 83.1 Å². The molecule has 2 rings (SSSR count). The van der Waals surface area contributed by atoms with Crippen molar-refractivity contribution < 1.29 is 28.5 Å². The lowest BCUT2D eigenvalue weighted by molar-refractivity contribution is -0.111. The van der Waals surface area contributed by atoms with Gasteiger partial charge in [-0.1, -0.05) is 37.4 Å². The average Bonchev–Trinajstić information content (AvgIpc) is 2.81. The van der Waals surface area contributed by atoms with Crippen molar-refractivity contribution in [1.29, 1.82) is 0 Å². The second kappa shape index (κ2) is 12.6. The molecule has 32 heavy (non-hydrogen) atoms. The Labute approximate surface area is 193 Å². The maximum absolute atomic E-state index is 12.4. The molecule has 0 radical (unpaired) electrons. The van der Waals surface area contributed by atoms with Crippen molar-refractivity contribution in [3.63, 3.8) is 0 Å². The van der Waals surface area contributed by atoms with Gasteiger partial charge < -0.3 is 24.3 Å². The molecule has 0 aliphatic carbocycles. The number of hydrogen-bond acceptors (Lipinski definition) is 6. The number of amides is 1. The van der Waals surface area contributed by atoms with Crippen LogP contribution in [0.1, 0.15) is 42.1 Å². The Morgan fingerprint density at radius 1 is 1.00 bits per heavy atom. The van der Waals surface area contributed by atoms with Gasteiger partial charge in [0.15, 0.2) is 11.5 Å². The van der Waals surface area contributed by atoms with Crippen molar-refractivity contribution >= 4 is 35.2 Å². The second-order valence-electron chi connectivity index (χ2n) is 6.81. The number of ether oxygens (including phenoxy) is 4. The molecule has 0 saturated heterocycles. The van der Waals surface area contributed by atoms with E-state index in [-0.39, 0.29) is 16.3 Å². The molecule has 7 nitrogen and oxygen atoms in total. The maximum Gasteiger partial charge on any atom is 0.341 e. The zero-order chi connectivity index (χ0) is 23.5. The fraction of sp³-hybridized carbons (Fsp3) is 0.333. The van der Waals surface area contributed by atoms with Gasteiger partial charge in [-0.15, -0.1) is 0 Å². The molecular formula is C24H28ClNO6. The van der Waals surface area contributed by atoms with Crippen LogP contribution in [0, 0.1) is 0 Å². The number of benzene rings is 2. The molecule has 1 amide bonds. The number of anilines is 1. The number of rotatable bonds is 11. The SMILES string of the molecule is CCCCCOc1ccc(/C=C/C(=O)Nc2cc(OC)c(C(=O)OC)cc2Cl)cc1OC. The minimum Gasteiger partial charge on any atom is -0.496 e. The second-order valence-corrected chi connectivity index (χ2v) is 7.22. The van der Waals surface area contributed by atoms with Crippen LogP contribution in [-0.2, 0) is 9.53 Å². The first-order chi connectivity index (χ1) is 15.4. The number of halogens is 1. The summed E-state index contributed by atoms with van der Waals surface area (Å²) in [6.45, 7) is 2.76. The minimum absolute atomic E-state index is 0.164. The van der Waals surface area contributed by atoms with Crippen molar-refractivity contribution in [2.75, 3.05) is 33.3 Å². The Balaban J connectivity index is 2.09. The predicted octanol–water partition coefficient (Wildman–Crippen LogP) is 5.36. The van der Waals surface area contributed by atoms with Gasteiger partial charge in [0.25, 0.3) is 0 Å². The highest BCUT2D eigenvalue weighted by molar-refractivity contribution is 6.34. The summed E-state index contributed by atoms with van der Waals surface area (Å²) in [5.74, 6) is 0.497. The lowest BCUT2D eigenvalue weighted by Gasteiger charge is -2.12. The summed E-state index contributed by atoms with van der Waals surface area (Å²) in [5, 5.41) is 2.85. The van der Waals surface area contributed by atoms with E-state index in [1.54, 1.807) is 19.3 Å². The Hall–Kier alpha value is -3.19. The van der Waals surface area contributed by atoms with Gasteiger partial charge >= 0.3 is 5.97 Å². The van der Waals surface area contributed by atoms with Crippen LogP contribution in [0.2, 0.25) is 5.02 Å². The fourth-order valence-electron chi connectivity index (χ4n) is 2.88. The molecule has 2 aromatic rings. The monoisotopic (exact) mass is 461 g/mol. The number of unbranched alkanes of at least 4 members (excludes halogenated alkanes) is 2. The van der Waals surface area contributed by atoms with E-state index in [1.165, 1.54) is 32.4 Å². The molecule has 0 aliphatic heterocycles. The third-order valence-corrected chi connectivity index (χ3v) is 4.89. The number of carbonyl (C=O) groups is 2. The largest absolute Gasteiger partial charge is 0.496 e. The maximum atomic E-state index is 12.4. The van der Waals surface area contributed by atoms with Gasteiger partial charge in [0.1, 0.15) is 11.3 Å². The highest BCUT2D eigenvalue weighted by Gasteiger charge is 2.17. The number of esters is 1. The van der Waals surface area contributed by atoms with Gasteiger partial charge in [-0.25, -0.2) is 4.79 Å². The molecule has 1 N–H and O–H groups in total. The van der Waals surface area contributed by atoms with Crippen LogP contribution in [0.4, 0.5) is 5.69 Å². The first-order valence-electron chi connectivity index (χ1n) is 10.2. The highest BCUT2D eigenvalue weighted by Crippen LogP contribution is 2.32. The van der Waals surface area contributed by atoms with E-state index >= 15 is 0 Å². The van der Waals surface area contributed by atoms with E-state index in [1.807, 2.05) is 12.1 Å². The molecule has 0 saturated carbocycles. The molecule has 0 unspecified atom stereocenters. The molecular weight excluding hydrogens is 434 g/mol.